The van der Waals surface area contributed by atoms with Crippen LogP contribution in [0.5, 0.6) is 0 Å². The Morgan fingerprint density at radius 2 is 1.78 bits per heavy atom. The largest absolute Gasteiger partial charge is 0.438 e. The van der Waals surface area contributed by atoms with Crippen molar-refractivity contribution in [3.05, 3.63) is 133 Å². The fourth-order valence-electron chi connectivity index (χ4n) is 8.34. The van der Waals surface area contributed by atoms with Crippen LogP contribution < -0.4 is 11.4 Å². The number of aryl methyl sites for hydroxylation is 3. The van der Waals surface area contributed by atoms with Crippen LogP contribution in [0.1, 0.15) is 70.7 Å². The van der Waals surface area contributed by atoms with Crippen LogP contribution in [0.15, 0.2) is 75.2 Å². The first kappa shape index (κ1) is 33.5. The first-order chi connectivity index (χ1) is 25.9. The van der Waals surface area contributed by atoms with Crippen LogP contribution in [0.3, 0.4) is 0 Å². The third-order valence-electron chi connectivity index (χ3n) is 11.2. The molecule has 0 saturated heterocycles. The monoisotopic (exact) mass is 731 g/mol. The number of amides is 1. The van der Waals surface area contributed by atoms with Gasteiger partial charge in [-0.3, -0.25) is 23.9 Å². The van der Waals surface area contributed by atoms with E-state index in [-0.39, 0.29) is 23.3 Å². The summed E-state index contributed by atoms with van der Waals surface area (Å²) in [5, 5.41) is 9.72. The number of halogens is 2. The van der Waals surface area contributed by atoms with E-state index in [2.05, 4.69) is 20.1 Å². The van der Waals surface area contributed by atoms with Crippen LogP contribution in [0.25, 0.3) is 33.5 Å². The van der Waals surface area contributed by atoms with Gasteiger partial charge in [-0.05, 0) is 93.1 Å². The van der Waals surface area contributed by atoms with Crippen molar-refractivity contribution in [3.63, 3.8) is 0 Å². The van der Waals surface area contributed by atoms with Crippen LogP contribution in [0.4, 0.5) is 8.78 Å². The summed E-state index contributed by atoms with van der Waals surface area (Å²) in [5.41, 5.74) is 3.86. The summed E-state index contributed by atoms with van der Waals surface area (Å²) in [6.07, 6.45) is 5.64. The number of imidazole rings is 1. The standard InChI is InChI=1S/C39H35F2N9O4/c1-19-14-26(15-20(2)32(19)40)50-34(48-13-11-43-37(48)52)31-23(5)47(12-9-28(31)45-50)35(51)30-17-25-16-24(27-8-10-42-22(4)33(27)41)6-7-29(25)49(30)39(18-21(39)3)36-44-38(53)54-46-36/h6-8,10-11,13-17,21,23H,9,12,18H2,1-5H3,(H,43,52)(H,44,46,53)/t21-,23-,39-/m0/s1. The number of aromatic nitrogens is 8. The molecule has 0 spiro atoms. The summed E-state index contributed by atoms with van der Waals surface area (Å²) >= 11 is 0. The topological polar surface area (TPSA) is 153 Å². The SMILES string of the molecule is Cc1cc(-n2nc3c(c2-n2cc[nH]c2=O)[C@H](C)N(C(=O)c2cc4cc(-c5ccnc(C)c5F)ccc4n2[C@@]2(c4noc(=O)[nH]4)C[C@@H]2C)CC3)cc(C)c1F. The van der Waals surface area contributed by atoms with Gasteiger partial charge in [0.05, 0.1) is 23.1 Å². The van der Waals surface area contributed by atoms with Crippen molar-refractivity contribution in [3.8, 4) is 22.6 Å². The number of pyridine rings is 1. The maximum absolute atomic E-state index is 15.3. The molecule has 2 aromatic carbocycles. The number of H-pyrrole nitrogens is 2. The maximum Gasteiger partial charge on any atom is 0.438 e. The molecule has 2 N–H and O–H groups in total. The summed E-state index contributed by atoms with van der Waals surface area (Å²) in [5.74, 6) is -1.02. The minimum absolute atomic E-state index is 0.0290. The van der Waals surface area contributed by atoms with Crippen molar-refractivity contribution in [2.75, 3.05) is 6.54 Å². The Morgan fingerprint density at radius 1 is 1.02 bits per heavy atom. The van der Waals surface area contributed by atoms with Gasteiger partial charge in [0.1, 0.15) is 22.9 Å². The Kier molecular flexibility index (Phi) is 7.32. The van der Waals surface area contributed by atoms with Gasteiger partial charge in [0.25, 0.3) is 5.91 Å². The van der Waals surface area contributed by atoms with E-state index in [9.17, 15) is 14.0 Å². The van der Waals surface area contributed by atoms with Gasteiger partial charge < -0.3 is 14.5 Å². The minimum Gasteiger partial charge on any atom is -0.330 e. The molecule has 1 amide bonds. The van der Waals surface area contributed by atoms with Gasteiger partial charge in [-0.1, -0.05) is 18.1 Å². The summed E-state index contributed by atoms with van der Waals surface area (Å²) < 4.78 is 40.0. The van der Waals surface area contributed by atoms with Crippen LogP contribution in [-0.4, -0.2) is 56.4 Å². The fourth-order valence-corrected chi connectivity index (χ4v) is 8.34. The normalized spacial score (nSPS) is 19.4. The summed E-state index contributed by atoms with van der Waals surface area (Å²) in [4.78, 5) is 51.8. The third-order valence-corrected chi connectivity index (χ3v) is 11.2. The molecule has 1 aliphatic carbocycles. The molecular weight excluding hydrogens is 696 g/mol. The van der Waals surface area contributed by atoms with Crippen LogP contribution in [-0.2, 0) is 12.0 Å². The smallest absolute Gasteiger partial charge is 0.330 e. The predicted octanol–water partition coefficient (Wildman–Crippen LogP) is 5.79. The lowest BCUT2D eigenvalue weighted by Gasteiger charge is -2.34. The molecular formula is C39H35F2N9O4. The number of nitrogens with one attached hydrogen (secondary N) is 2. The average Bonchev–Trinajstić information content (AvgIpc) is 3.67. The first-order valence-electron chi connectivity index (χ1n) is 17.7. The Morgan fingerprint density at radius 3 is 2.44 bits per heavy atom. The van der Waals surface area contributed by atoms with Crippen molar-refractivity contribution in [2.24, 2.45) is 5.92 Å². The molecule has 9 rings (SSSR count). The third kappa shape index (κ3) is 4.80. The van der Waals surface area contributed by atoms with E-state index < -0.39 is 28.8 Å². The van der Waals surface area contributed by atoms with E-state index in [0.29, 0.717) is 86.8 Å². The van der Waals surface area contributed by atoms with Crippen molar-refractivity contribution < 1.29 is 18.1 Å². The molecule has 0 bridgehead atoms. The molecule has 54 heavy (non-hydrogen) atoms. The zero-order valence-electron chi connectivity index (χ0n) is 30.1. The Labute approximate surface area is 305 Å². The summed E-state index contributed by atoms with van der Waals surface area (Å²) in [7, 11) is 0. The molecule has 6 heterocycles. The van der Waals surface area contributed by atoms with Crippen molar-refractivity contribution >= 4 is 16.8 Å². The highest BCUT2D eigenvalue weighted by Crippen LogP contribution is 2.56. The van der Waals surface area contributed by atoms with Gasteiger partial charge in [-0.25, -0.2) is 23.1 Å². The molecule has 0 unspecified atom stereocenters. The van der Waals surface area contributed by atoms with Crippen molar-refractivity contribution in [1.82, 2.24) is 43.9 Å². The number of rotatable bonds is 6. The van der Waals surface area contributed by atoms with Gasteiger partial charge in [0, 0.05) is 53.6 Å². The Hall–Kier alpha value is -6.38. The second-order valence-corrected chi connectivity index (χ2v) is 14.4. The number of fused-ring (bicyclic) bond motifs is 2. The number of hydrogen-bond acceptors (Lipinski definition) is 7. The molecule has 5 aromatic heterocycles. The van der Waals surface area contributed by atoms with E-state index in [1.807, 2.05) is 30.5 Å². The van der Waals surface area contributed by atoms with Gasteiger partial charge in [0.15, 0.2) is 11.6 Å². The average molecular weight is 732 g/mol. The minimum atomic E-state index is -0.893. The maximum atomic E-state index is 15.3. The molecule has 1 aliphatic heterocycles. The number of carbonyl (C=O) groups is 1. The van der Waals surface area contributed by atoms with Gasteiger partial charge in [-0.2, -0.15) is 5.10 Å². The van der Waals surface area contributed by atoms with Gasteiger partial charge in [0.2, 0.25) is 0 Å². The molecule has 15 heteroatoms. The lowest BCUT2D eigenvalue weighted by molar-refractivity contribution is 0.0663. The highest BCUT2D eigenvalue weighted by Gasteiger charge is 2.59. The summed E-state index contributed by atoms with van der Waals surface area (Å²) in [6.45, 7) is 9.19. The zero-order valence-corrected chi connectivity index (χ0v) is 30.1. The number of aromatic amines is 2. The molecule has 2 aliphatic rings. The predicted molar refractivity (Wildman–Crippen MR) is 194 cm³/mol. The van der Waals surface area contributed by atoms with Gasteiger partial charge >= 0.3 is 11.4 Å². The van der Waals surface area contributed by atoms with Crippen LogP contribution in [0.2, 0.25) is 0 Å². The van der Waals surface area contributed by atoms with Crippen LogP contribution in [0, 0.1) is 38.3 Å². The molecule has 13 nitrogen and oxygen atoms in total. The van der Waals surface area contributed by atoms with E-state index in [4.69, 9.17) is 9.62 Å². The molecule has 0 radical (unpaired) electrons. The highest BCUT2D eigenvalue weighted by atomic mass is 19.1. The molecule has 1 saturated carbocycles. The number of nitrogens with zero attached hydrogens (tertiary/aromatic N) is 7. The number of benzene rings is 2. The van der Waals surface area contributed by atoms with E-state index >= 15 is 9.18 Å². The van der Waals surface area contributed by atoms with E-state index in [1.54, 1.807) is 73.1 Å². The zero-order chi connectivity index (χ0) is 37.8. The molecule has 274 valence electrons. The lowest BCUT2D eigenvalue weighted by atomic mass is 9.98. The fraction of sp³-hybridized carbons (Fsp3) is 0.282. The number of hydrogen-bond donors (Lipinski definition) is 2. The number of carbonyl (C=O) groups excluding carboxylic acids is 1. The molecule has 3 atom stereocenters. The Bertz CT molecular complexity index is 2780. The lowest BCUT2D eigenvalue weighted by Crippen LogP contribution is -2.41. The second-order valence-electron chi connectivity index (χ2n) is 14.4. The molecule has 1 fully saturated rings. The quantitative estimate of drug-likeness (QED) is 0.220. The van der Waals surface area contributed by atoms with Crippen LogP contribution >= 0.6 is 0 Å². The molecule has 7 aromatic rings. The van der Waals surface area contributed by atoms with Crippen molar-refractivity contribution in [2.45, 2.75) is 59.0 Å². The van der Waals surface area contributed by atoms with E-state index in [1.165, 1.54) is 10.8 Å². The van der Waals surface area contributed by atoms with Crippen molar-refractivity contribution in [1.29, 1.82) is 0 Å². The Balaban J connectivity index is 1.21. The second kappa shape index (κ2) is 11.8. The van der Waals surface area contributed by atoms with E-state index in [0.717, 1.165) is 0 Å². The van der Waals surface area contributed by atoms with Gasteiger partial charge in [-0.15, -0.1) is 0 Å². The summed E-state index contributed by atoms with van der Waals surface area (Å²) in [6, 6.07) is 11.7. The first-order valence-corrected chi connectivity index (χ1v) is 17.7. The highest BCUT2D eigenvalue weighted by molar-refractivity contribution is 6.00.